The fraction of sp³-hybridized carbons (Fsp3) is 0.447. The quantitative estimate of drug-likeness (QED) is 0.0752. The molecule has 1 heterocycles. The molecule has 2 amide bonds. The van der Waals surface area contributed by atoms with E-state index < -0.39 is 22.1 Å². The van der Waals surface area contributed by atoms with Gasteiger partial charge in [0.1, 0.15) is 0 Å². The largest absolute Gasteiger partial charge is 0.462 e. The standard InChI is InChI=1S/C38H42BrNO4/c1-2-3-4-5-6-7-8-9-10-11-16-24-44-37(43)26-18-17-19-27(25-26)40-35(41)33-32-28-20-12-14-22-30(28)38(39,34(33)36(40)42)31-23-15-13-21-29(31)32/h12-15,17-23,25,32-34H,2-11,16,24H2,1H3/t32?,33-,34-,38?/m0/s1. The van der Waals surface area contributed by atoms with Crippen LogP contribution in [-0.2, 0) is 18.7 Å². The van der Waals surface area contributed by atoms with Crippen molar-refractivity contribution in [1.82, 2.24) is 0 Å². The van der Waals surface area contributed by atoms with Crippen molar-refractivity contribution in [3.63, 3.8) is 0 Å². The molecule has 3 aliphatic carbocycles. The van der Waals surface area contributed by atoms with Crippen LogP contribution in [-0.4, -0.2) is 24.4 Å². The number of alkyl halides is 1. The molecule has 2 atom stereocenters. The lowest BCUT2D eigenvalue weighted by molar-refractivity contribution is -0.122. The van der Waals surface area contributed by atoms with Crippen LogP contribution in [0, 0.1) is 11.8 Å². The van der Waals surface area contributed by atoms with Crippen molar-refractivity contribution in [2.75, 3.05) is 11.5 Å². The zero-order chi connectivity index (χ0) is 30.7. The van der Waals surface area contributed by atoms with E-state index in [1.165, 1.54) is 56.3 Å². The van der Waals surface area contributed by atoms with E-state index >= 15 is 0 Å². The van der Waals surface area contributed by atoms with E-state index in [-0.39, 0.29) is 17.7 Å². The van der Waals surface area contributed by atoms with E-state index in [1.54, 1.807) is 24.3 Å². The molecule has 0 N–H and O–H groups in total. The average molecular weight is 657 g/mol. The fourth-order valence-electron chi connectivity index (χ4n) is 7.72. The molecule has 230 valence electrons. The Bertz CT molecular complexity index is 1480. The fourth-order valence-corrected chi connectivity index (χ4v) is 8.92. The first-order valence-electron chi connectivity index (χ1n) is 16.5. The third kappa shape index (κ3) is 5.44. The number of ether oxygens (including phenoxy) is 1. The second-order valence-electron chi connectivity index (χ2n) is 12.6. The lowest BCUT2D eigenvalue weighted by Crippen LogP contribution is -2.50. The van der Waals surface area contributed by atoms with E-state index in [9.17, 15) is 14.4 Å². The van der Waals surface area contributed by atoms with Crippen molar-refractivity contribution in [2.24, 2.45) is 11.8 Å². The molecule has 1 saturated heterocycles. The van der Waals surface area contributed by atoms with Crippen molar-refractivity contribution in [3.05, 3.63) is 101 Å². The Kier molecular flexibility index (Phi) is 9.37. The van der Waals surface area contributed by atoms with Gasteiger partial charge in [-0.15, -0.1) is 0 Å². The maximum atomic E-state index is 14.2. The topological polar surface area (TPSA) is 63.7 Å². The number of anilines is 1. The Morgan fingerprint density at radius 1 is 0.750 bits per heavy atom. The van der Waals surface area contributed by atoms with Crippen LogP contribution in [0.1, 0.15) is 116 Å². The number of halogens is 1. The number of rotatable bonds is 14. The van der Waals surface area contributed by atoms with Crippen LogP contribution < -0.4 is 4.90 Å². The van der Waals surface area contributed by atoms with Gasteiger partial charge in [-0.05, 0) is 46.9 Å². The molecule has 2 bridgehead atoms. The molecule has 0 radical (unpaired) electrons. The molecule has 0 spiro atoms. The summed E-state index contributed by atoms with van der Waals surface area (Å²) in [6.07, 6.45) is 13.6. The highest BCUT2D eigenvalue weighted by molar-refractivity contribution is 9.09. The van der Waals surface area contributed by atoms with E-state index in [4.69, 9.17) is 4.74 Å². The van der Waals surface area contributed by atoms with Crippen LogP contribution in [0.25, 0.3) is 0 Å². The van der Waals surface area contributed by atoms with Gasteiger partial charge in [0.25, 0.3) is 0 Å². The molecular weight excluding hydrogens is 614 g/mol. The predicted octanol–water partition coefficient (Wildman–Crippen LogP) is 9.06. The SMILES string of the molecule is CCCCCCCCCCCCCOC(=O)c1cccc(N2C(=O)[C@@H]3[C@@H](C2=O)C2c4ccccc4C3(Br)c3ccccc32)c1. The van der Waals surface area contributed by atoms with Gasteiger partial charge in [0.2, 0.25) is 11.8 Å². The highest BCUT2D eigenvalue weighted by Crippen LogP contribution is 2.66. The summed E-state index contributed by atoms with van der Waals surface area (Å²) in [7, 11) is 0. The Hall–Kier alpha value is -3.25. The van der Waals surface area contributed by atoms with Crippen molar-refractivity contribution < 1.29 is 19.1 Å². The first-order chi connectivity index (χ1) is 21.5. The minimum absolute atomic E-state index is 0.202. The van der Waals surface area contributed by atoms with Gasteiger partial charge in [-0.25, -0.2) is 9.69 Å². The minimum Gasteiger partial charge on any atom is -0.462 e. The summed E-state index contributed by atoms with van der Waals surface area (Å²) in [6, 6.07) is 23.0. The zero-order valence-corrected chi connectivity index (χ0v) is 27.2. The molecule has 0 unspecified atom stereocenters. The van der Waals surface area contributed by atoms with Gasteiger partial charge in [0.05, 0.1) is 34.0 Å². The van der Waals surface area contributed by atoms with Crippen LogP contribution in [0.15, 0.2) is 72.8 Å². The van der Waals surface area contributed by atoms with Gasteiger partial charge >= 0.3 is 5.97 Å². The summed E-state index contributed by atoms with van der Waals surface area (Å²) in [4.78, 5) is 42.6. The number of unbranched alkanes of at least 4 members (excludes halogenated alkanes) is 10. The van der Waals surface area contributed by atoms with E-state index in [0.29, 0.717) is 17.9 Å². The zero-order valence-electron chi connectivity index (χ0n) is 25.6. The normalized spacial score (nSPS) is 23.0. The van der Waals surface area contributed by atoms with Gasteiger partial charge in [0, 0.05) is 5.92 Å². The van der Waals surface area contributed by atoms with Crippen LogP contribution in [0.5, 0.6) is 0 Å². The maximum absolute atomic E-state index is 14.2. The van der Waals surface area contributed by atoms with Gasteiger partial charge in [-0.2, -0.15) is 0 Å². The van der Waals surface area contributed by atoms with Crippen LogP contribution in [0.4, 0.5) is 5.69 Å². The lowest BCUT2D eigenvalue weighted by atomic mass is 9.55. The summed E-state index contributed by atoms with van der Waals surface area (Å²) in [5.41, 5.74) is 5.05. The number of hydrogen-bond donors (Lipinski definition) is 0. The number of nitrogens with zero attached hydrogens (tertiary/aromatic N) is 1. The van der Waals surface area contributed by atoms with E-state index in [2.05, 4.69) is 47.1 Å². The summed E-state index contributed by atoms with van der Waals surface area (Å²) < 4.78 is 4.79. The Balaban J connectivity index is 1.09. The third-order valence-corrected chi connectivity index (χ3v) is 11.2. The molecule has 44 heavy (non-hydrogen) atoms. The average Bonchev–Trinajstić information content (AvgIpc) is 3.32. The van der Waals surface area contributed by atoms with Crippen molar-refractivity contribution in [2.45, 2.75) is 87.8 Å². The summed E-state index contributed by atoms with van der Waals surface area (Å²) >= 11 is 4.04. The molecular formula is C38H42BrNO4. The smallest absolute Gasteiger partial charge is 0.338 e. The molecule has 1 aliphatic heterocycles. The first-order valence-corrected chi connectivity index (χ1v) is 17.3. The van der Waals surface area contributed by atoms with E-state index in [1.807, 2.05) is 24.3 Å². The molecule has 4 aliphatic rings. The number of esters is 1. The van der Waals surface area contributed by atoms with Gasteiger partial charge in [0.15, 0.2) is 0 Å². The monoisotopic (exact) mass is 655 g/mol. The minimum atomic E-state index is -0.799. The van der Waals surface area contributed by atoms with E-state index in [0.717, 1.165) is 41.5 Å². The first kappa shape index (κ1) is 30.8. The maximum Gasteiger partial charge on any atom is 0.338 e. The number of hydrogen-bond acceptors (Lipinski definition) is 4. The highest BCUT2D eigenvalue weighted by Gasteiger charge is 2.67. The number of imide groups is 1. The number of carbonyl (C=O) groups is 3. The second-order valence-corrected chi connectivity index (χ2v) is 13.9. The lowest BCUT2D eigenvalue weighted by Gasteiger charge is -2.51. The Labute approximate surface area is 269 Å². The molecule has 7 rings (SSSR count). The summed E-state index contributed by atoms with van der Waals surface area (Å²) in [5, 5.41) is 0. The van der Waals surface area contributed by atoms with Crippen LogP contribution in [0.3, 0.4) is 0 Å². The molecule has 6 heteroatoms. The molecule has 0 aromatic heterocycles. The summed E-state index contributed by atoms with van der Waals surface area (Å²) in [5.74, 6) is -2.19. The molecule has 3 aromatic carbocycles. The van der Waals surface area contributed by atoms with Crippen molar-refractivity contribution in [1.29, 1.82) is 0 Å². The Morgan fingerprint density at radius 2 is 1.32 bits per heavy atom. The Morgan fingerprint density at radius 3 is 1.93 bits per heavy atom. The van der Waals surface area contributed by atoms with Crippen molar-refractivity contribution in [3.8, 4) is 0 Å². The molecule has 3 aromatic rings. The van der Waals surface area contributed by atoms with Crippen LogP contribution in [0.2, 0.25) is 0 Å². The summed E-state index contributed by atoms with van der Waals surface area (Å²) in [6.45, 7) is 2.62. The third-order valence-electron chi connectivity index (χ3n) is 9.84. The van der Waals surface area contributed by atoms with Gasteiger partial charge < -0.3 is 4.74 Å². The number of carbonyl (C=O) groups excluding carboxylic acids is 3. The van der Waals surface area contributed by atoms with Gasteiger partial charge in [-0.3, -0.25) is 9.59 Å². The molecule has 5 nitrogen and oxygen atoms in total. The van der Waals surface area contributed by atoms with Crippen molar-refractivity contribution >= 4 is 39.4 Å². The number of benzene rings is 3. The molecule has 0 saturated carbocycles. The molecule has 1 fully saturated rings. The highest BCUT2D eigenvalue weighted by atomic mass is 79.9. The predicted molar refractivity (Wildman–Crippen MR) is 177 cm³/mol. The second kappa shape index (κ2) is 13.4. The van der Waals surface area contributed by atoms with Gasteiger partial charge in [-0.1, -0.05) is 142 Å². The number of amides is 2. The van der Waals surface area contributed by atoms with Crippen LogP contribution >= 0.6 is 15.9 Å².